The number of nitrogens with zero attached hydrogens (tertiary/aromatic N) is 2. The SMILES string of the molecule is CN=C(NCC(C)(C)CCS(C)(=O)=O)N(C)CCOc1ccccc1.I. The zero-order chi connectivity index (χ0) is 18.9. The number of benzene rings is 1. The molecule has 0 aromatic heterocycles. The number of guanidine groups is 1. The molecule has 0 aliphatic carbocycles. The first-order chi connectivity index (χ1) is 11.6. The molecule has 150 valence electrons. The summed E-state index contributed by atoms with van der Waals surface area (Å²) in [5.74, 6) is 1.81. The van der Waals surface area contributed by atoms with Crippen LogP contribution in [0.2, 0.25) is 0 Å². The number of hydrogen-bond donors (Lipinski definition) is 1. The Balaban J connectivity index is 0.00000625. The van der Waals surface area contributed by atoms with Crippen LogP contribution in [0.25, 0.3) is 0 Å². The number of likely N-dealkylation sites (N-methyl/N-ethyl adjacent to an activating group) is 1. The van der Waals surface area contributed by atoms with Crippen molar-refractivity contribution in [1.29, 1.82) is 0 Å². The zero-order valence-corrected chi connectivity index (χ0v) is 19.5. The molecule has 0 aliphatic heterocycles. The highest BCUT2D eigenvalue weighted by Gasteiger charge is 2.21. The average Bonchev–Trinajstić information content (AvgIpc) is 2.54. The second-order valence-corrected chi connectivity index (χ2v) is 9.29. The minimum Gasteiger partial charge on any atom is -0.492 e. The van der Waals surface area contributed by atoms with Crippen molar-refractivity contribution in [2.24, 2.45) is 10.4 Å². The van der Waals surface area contributed by atoms with E-state index in [-0.39, 0.29) is 35.1 Å². The third-order valence-corrected chi connectivity index (χ3v) is 4.83. The molecule has 0 aliphatic rings. The maximum absolute atomic E-state index is 11.3. The van der Waals surface area contributed by atoms with Gasteiger partial charge in [0, 0.05) is 26.9 Å². The Morgan fingerprint density at radius 3 is 2.42 bits per heavy atom. The van der Waals surface area contributed by atoms with Crippen molar-refractivity contribution in [3.05, 3.63) is 30.3 Å². The second kappa shape index (κ2) is 11.6. The number of rotatable bonds is 9. The zero-order valence-electron chi connectivity index (χ0n) is 16.4. The Morgan fingerprint density at radius 1 is 1.27 bits per heavy atom. The summed E-state index contributed by atoms with van der Waals surface area (Å²) in [6.45, 7) is 6.00. The molecule has 0 spiro atoms. The van der Waals surface area contributed by atoms with Gasteiger partial charge >= 0.3 is 0 Å². The highest BCUT2D eigenvalue weighted by atomic mass is 127. The maximum atomic E-state index is 11.3. The topological polar surface area (TPSA) is 71.0 Å². The van der Waals surface area contributed by atoms with E-state index in [1.54, 1.807) is 7.05 Å². The standard InChI is InChI=1S/C18H31N3O3S.HI/c1-18(2,11-14-25(5,22)23)15-20-17(19-3)21(4)12-13-24-16-9-7-6-8-10-16;/h6-10H,11-15H2,1-5H3,(H,19,20);1H. The molecule has 1 N–H and O–H groups in total. The third kappa shape index (κ3) is 10.8. The molecule has 26 heavy (non-hydrogen) atoms. The Labute approximate surface area is 175 Å². The van der Waals surface area contributed by atoms with Crippen molar-refractivity contribution in [3.63, 3.8) is 0 Å². The monoisotopic (exact) mass is 497 g/mol. The van der Waals surface area contributed by atoms with Gasteiger partial charge in [0.2, 0.25) is 0 Å². The van der Waals surface area contributed by atoms with Crippen LogP contribution in [0.4, 0.5) is 0 Å². The van der Waals surface area contributed by atoms with Gasteiger partial charge in [-0.15, -0.1) is 24.0 Å². The molecule has 0 heterocycles. The summed E-state index contributed by atoms with van der Waals surface area (Å²) in [6.07, 6.45) is 1.88. The summed E-state index contributed by atoms with van der Waals surface area (Å²) in [5, 5.41) is 3.32. The van der Waals surface area contributed by atoms with E-state index in [1.165, 1.54) is 6.26 Å². The molecule has 0 saturated carbocycles. The Bertz CT molecular complexity index is 649. The van der Waals surface area contributed by atoms with Crippen LogP contribution in [-0.2, 0) is 9.84 Å². The van der Waals surface area contributed by atoms with Crippen molar-refractivity contribution < 1.29 is 13.2 Å². The fourth-order valence-electron chi connectivity index (χ4n) is 2.18. The summed E-state index contributed by atoms with van der Waals surface area (Å²) in [6, 6.07) is 9.70. The molecular formula is C18H32IN3O3S. The molecule has 6 nitrogen and oxygen atoms in total. The fourth-order valence-corrected chi connectivity index (χ4v) is 3.10. The van der Waals surface area contributed by atoms with E-state index in [4.69, 9.17) is 4.74 Å². The minimum absolute atomic E-state index is 0. The van der Waals surface area contributed by atoms with E-state index in [1.807, 2.05) is 42.3 Å². The number of nitrogens with one attached hydrogen (secondary N) is 1. The smallest absolute Gasteiger partial charge is 0.193 e. The second-order valence-electron chi connectivity index (χ2n) is 7.03. The Hall–Kier alpha value is -1.03. The van der Waals surface area contributed by atoms with E-state index in [0.717, 1.165) is 11.7 Å². The van der Waals surface area contributed by atoms with Crippen LogP contribution >= 0.6 is 24.0 Å². The van der Waals surface area contributed by atoms with E-state index in [2.05, 4.69) is 24.2 Å². The lowest BCUT2D eigenvalue weighted by Crippen LogP contribution is -2.44. The van der Waals surface area contributed by atoms with Crippen LogP contribution in [0.5, 0.6) is 5.75 Å². The van der Waals surface area contributed by atoms with E-state index in [0.29, 0.717) is 26.1 Å². The predicted octanol–water partition coefficient (Wildman–Crippen LogP) is 2.65. The molecular weight excluding hydrogens is 465 g/mol. The number of ether oxygens (including phenoxy) is 1. The summed E-state index contributed by atoms with van der Waals surface area (Å²) < 4.78 is 28.4. The van der Waals surface area contributed by atoms with Gasteiger partial charge in [0.25, 0.3) is 0 Å². The van der Waals surface area contributed by atoms with E-state index in [9.17, 15) is 8.42 Å². The van der Waals surface area contributed by atoms with Crippen LogP contribution < -0.4 is 10.1 Å². The molecule has 1 rings (SSSR count). The van der Waals surface area contributed by atoms with Crippen LogP contribution in [0.15, 0.2) is 35.3 Å². The third-order valence-electron chi connectivity index (χ3n) is 3.89. The van der Waals surface area contributed by atoms with Crippen molar-refractivity contribution >= 4 is 39.8 Å². The Kier molecular flexibility index (Phi) is 11.2. The highest BCUT2D eigenvalue weighted by molar-refractivity contribution is 14.0. The molecule has 1 aromatic rings. The van der Waals surface area contributed by atoms with Crippen LogP contribution in [0, 0.1) is 5.41 Å². The highest BCUT2D eigenvalue weighted by Crippen LogP contribution is 2.19. The lowest BCUT2D eigenvalue weighted by atomic mass is 9.90. The number of para-hydroxylation sites is 1. The summed E-state index contributed by atoms with van der Waals surface area (Å²) in [4.78, 5) is 6.28. The van der Waals surface area contributed by atoms with Crippen molar-refractivity contribution in [2.45, 2.75) is 20.3 Å². The van der Waals surface area contributed by atoms with E-state index >= 15 is 0 Å². The number of hydrogen-bond acceptors (Lipinski definition) is 4. The molecule has 0 amide bonds. The van der Waals surface area contributed by atoms with Gasteiger partial charge in [-0.2, -0.15) is 0 Å². The van der Waals surface area contributed by atoms with Crippen LogP contribution in [0.3, 0.4) is 0 Å². The van der Waals surface area contributed by atoms with Gasteiger partial charge in [-0.25, -0.2) is 8.42 Å². The first-order valence-corrected chi connectivity index (χ1v) is 10.5. The van der Waals surface area contributed by atoms with Gasteiger partial charge < -0.3 is 15.0 Å². The summed E-state index contributed by atoms with van der Waals surface area (Å²) in [5.41, 5.74) is -0.138. The van der Waals surface area contributed by atoms with Crippen LogP contribution in [0.1, 0.15) is 20.3 Å². The summed E-state index contributed by atoms with van der Waals surface area (Å²) in [7, 11) is 0.747. The Morgan fingerprint density at radius 2 is 1.88 bits per heavy atom. The van der Waals surface area contributed by atoms with Crippen molar-refractivity contribution in [1.82, 2.24) is 10.2 Å². The minimum atomic E-state index is -2.94. The van der Waals surface area contributed by atoms with E-state index < -0.39 is 9.84 Å². The largest absolute Gasteiger partial charge is 0.492 e. The molecule has 0 saturated heterocycles. The predicted molar refractivity (Wildman–Crippen MR) is 119 cm³/mol. The van der Waals surface area contributed by atoms with Crippen molar-refractivity contribution in [2.75, 3.05) is 45.8 Å². The molecule has 8 heteroatoms. The van der Waals surface area contributed by atoms with Gasteiger partial charge in [-0.3, -0.25) is 4.99 Å². The fraction of sp³-hybridized carbons (Fsp3) is 0.611. The number of aliphatic imine (C=N–C) groups is 1. The van der Waals surface area contributed by atoms with Gasteiger partial charge in [0.1, 0.15) is 22.2 Å². The quantitative estimate of drug-likeness (QED) is 0.323. The van der Waals surface area contributed by atoms with Crippen LogP contribution in [-0.4, -0.2) is 65.1 Å². The molecule has 1 aromatic carbocycles. The van der Waals surface area contributed by atoms with Gasteiger partial charge in [-0.1, -0.05) is 32.0 Å². The lowest BCUT2D eigenvalue weighted by Gasteiger charge is -2.28. The van der Waals surface area contributed by atoms with Crippen molar-refractivity contribution in [3.8, 4) is 5.75 Å². The average molecular weight is 497 g/mol. The normalized spacial score (nSPS) is 12.3. The summed E-state index contributed by atoms with van der Waals surface area (Å²) >= 11 is 0. The molecule has 0 unspecified atom stereocenters. The van der Waals surface area contributed by atoms with Gasteiger partial charge in [0.15, 0.2) is 5.96 Å². The molecule has 0 radical (unpaired) electrons. The molecule has 0 bridgehead atoms. The number of sulfone groups is 1. The molecule has 0 fully saturated rings. The lowest BCUT2D eigenvalue weighted by molar-refractivity contribution is 0.278. The van der Waals surface area contributed by atoms with Gasteiger partial charge in [-0.05, 0) is 24.0 Å². The van der Waals surface area contributed by atoms with Gasteiger partial charge in [0.05, 0.1) is 12.3 Å². The maximum Gasteiger partial charge on any atom is 0.193 e. The first kappa shape index (κ1) is 25.0. The molecule has 0 atom stereocenters. The number of halogens is 1. The first-order valence-electron chi connectivity index (χ1n) is 8.40.